The Kier molecular flexibility index (Phi) is 7.66. The summed E-state index contributed by atoms with van der Waals surface area (Å²) in [5, 5.41) is 11.3. The molecule has 1 N–H and O–H groups in total. The Balaban J connectivity index is 1.92. The monoisotopic (exact) mass is 522 g/mol. The van der Waals surface area contributed by atoms with Crippen LogP contribution in [0.15, 0.2) is 66.2 Å². The maximum atomic E-state index is 14.2. The molecule has 0 aliphatic carbocycles. The largest absolute Gasteiger partial charge is 0.507 e. The van der Waals surface area contributed by atoms with Crippen LogP contribution in [-0.2, 0) is 9.59 Å². The molecule has 1 saturated heterocycles. The highest BCUT2D eigenvalue weighted by atomic mass is 19.2. The van der Waals surface area contributed by atoms with Gasteiger partial charge < -0.3 is 19.5 Å². The summed E-state index contributed by atoms with van der Waals surface area (Å²) >= 11 is 0. The molecule has 3 aromatic rings. The summed E-state index contributed by atoms with van der Waals surface area (Å²) in [6, 6.07) is 13.6. The standard InChI is InChI=1S/C29H28F2N2O5/c1-5-32(6-2)19-10-7-17(8-11-19)26-25(27(34)18-9-14-23(37-3)24(15-18)38-4)28(35)29(36)33(26)20-12-13-21(30)22(31)16-20/h7-16,26,34H,5-6H2,1-4H3/b27-25+. The number of methoxy groups -OCH3 is 2. The van der Waals surface area contributed by atoms with Crippen LogP contribution in [0.1, 0.15) is 31.0 Å². The lowest BCUT2D eigenvalue weighted by atomic mass is 9.94. The predicted molar refractivity (Wildman–Crippen MR) is 141 cm³/mol. The van der Waals surface area contributed by atoms with E-state index in [1.807, 2.05) is 26.0 Å². The van der Waals surface area contributed by atoms with Gasteiger partial charge in [-0.05, 0) is 61.9 Å². The second-order valence-corrected chi connectivity index (χ2v) is 8.60. The van der Waals surface area contributed by atoms with Crippen molar-refractivity contribution in [3.8, 4) is 11.5 Å². The number of amides is 1. The summed E-state index contributed by atoms with van der Waals surface area (Å²) in [6.45, 7) is 5.61. The fourth-order valence-corrected chi connectivity index (χ4v) is 4.64. The van der Waals surface area contributed by atoms with Crippen molar-refractivity contribution in [2.24, 2.45) is 0 Å². The molecular formula is C29H28F2N2O5. The van der Waals surface area contributed by atoms with Gasteiger partial charge in [-0.3, -0.25) is 14.5 Å². The molecule has 1 unspecified atom stereocenters. The third-order valence-corrected chi connectivity index (χ3v) is 6.62. The van der Waals surface area contributed by atoms with Gasteiger partial charge in [0.25, 0.3) is 11.7 Å². The second-order valence-electron chi connectivity index (χ2n) is 8.60. The van der Waals surface area contributed by atoms with Crippen LogP contribution in [0.4, 0.5) is 20.2 Å². The smallest absolute Gasteiger partial charge is 0.300 e. The highest BCUT2D eigenvalue weighted by Gasteiger charge is 2.47. The van der Waals surface area contributed by atoms with Crippen LogP contribution in [0.25, 0.3) is 5.76 Å². The van der Waals surface area contributed by atoms with Crippen LogP contribution >= 0.6 is 0 Å². The quantitative estimate of drug-likeness (QED) is 0.241. The van der Waals surface area contributed by atoms with E-state index in [0.29, 0.717) is 17.1 Å². The Labute approximate surface area is 219 Å². The molecule has 198 valence electrons. The number of hydrogen-bond acceptors (Lipinski definition) is 6. The molecule has 3 aromatic carbocycles. The molecule has 0 spiro atoms. The van der Waals surface area contributed by atoms with Gasteiger partial charge >= 0.3 is 0 Å². The number of aliphatic hydroxyl groups excluding tert-OH is 1. The number of benzene rings is 3. The molecule has 1 atom stereocenters. The van der Waals surface area contributed by atoms with E-state index in [1.54, 1.807) is 18.2 Å². The summed E-state index contributed by atoms with van der Waals surface area (Å²) in [7, 11) is 2.90. The average molecular weight is 523 g/mol. The molecule has 1 amide bonds. The Morgan fingerprint density at radius 3 is 2.13 bits per heavy atom. The minimum absolute atomic E-state index is 0.0184. The molecule has 1 aliphatic rings. The summed E-state index contributed by atoms with van der Waals surface area (Å²) in [5.74, 6) is -3.90. The lowest BCUT2D eigenvalue weighted by Gasteiger charge is -2.27. The fourth-order valence-electron chi connectivity index (χ4n) is 4.64. The first-order valence-corrected chi connectivity index (χ1v) is 12.1. The van der Waals surface area contributed by atoms with Gasteiger partial charge in [0.05, 0.1) is 25.8 Å². The van der Waals surface area contributed by atoms with Crippen molar-refractivity contribution >= 4 is 28.8 Å². The molecule has 0 bridgehead atoms. The van der Waals surface area contributed by atoms with Gasteiger partial charge in [-0.1, -0.05) is 12.1 Å². The molecule has 0 saturated carbocycles. The number of rotatable bonds is 8. The molecule has 0 aromatic heterocycles. The summed E-state index contributed by atoms with van der Waals surface area (Å²) in [5.41, 5.74) is 1.45. The fraction of sp³-hybridized carbons (Fsp3) is 0.241. The maximum Gasteiger partial charge on any atom is 0.300 e. The van der Waals surface area contributed by atoms with Gasteiger partial charge in [0, 0.05) is 36.1 Å². The number of aliphatic hydroxyl groups is 1. The molecule has 1 heterocycles. The third-order valence-electron chi connectivity index (χ3n) is 6.62. The number of nitrogens with zero attached hydrogens (tertiary/aromatic N) is 2. The maximum absolute atomic E-state index is 14.2. The Hall–Kier alpha value is -4.40. The van der Waals surface area contributed by atoms with Crippen LogP contribution in [0, 0.1) is 11.6 Å². The van der Waals surface area contributed by atoms with Crippen molar-refractivity contribution in [1.29, 1.82) is 0 Å². The SMILES string of the molecule is CCN(CC)c1ccc(C2/C(=C(\O)c3ccc(OC)c(OC)c3)C(=O)C(=O)N2c2ccc(F)c(F)c2)cc1. The topological polar surface area (TPSA) is 79.3 Å². The van der Waals surface area contributed by atoms with Crippen molar-refractivity contribution < 1.29 is 33.0 Å². The van der Waals surface area contributed by atoms with Gasteiger partial charge in [-0.25, -0.2) is 8.78 Å². The minimum atomic E-state index is -1.17. The van der Waals surface area contributed by atoms with Crippen molar-refractivity contribution in [3.63, 3.8) is 0 Å². The van der Waals surface area contributed by atoms with E-state index < -0.39 is 35.1 Å². The Bertz CT molecular complexity index is 1400. The summed E-state index contributed by atoms with van der Waals surface area (Å²) in [4.78, 5) is 29.8. The molecular weight excluding hydrogens is 494 g/mol. The molecule has 9 heteroatoms. The number of ether oxygens (including phenoxy) is 2. The minimum Gasteiger partial charge on any atom is -0.507 e. The number of Topliss-reactive ketones (excluding diaryl/α,β-unsaturated/α-hetero) is 1. The molecule has 4 rings (SSSR count). The second kappa shape index (κ2) is 10.9. The number of hydrogen-bond donors (Lipinski definition) is 1. The van der Waals surface area contributed by atoms with Gasteiger partial charge in [-0.2, -0.15) is 0 Å². The van der Waals surface area contributed by atoms with Gasteiger partial charge in [-0.15, -0.1) is 0 Å². The van der Waals surface area contributed by atoms with Crippen LogP contribution in [0.5, 0.6) is 11.5 Å². The number of anilines is 2. The van der Waals surface area contributed by atoms with Crippen LogP contribution in [0.2, 0.25) is 0 Å². The van der Waals surface area contributed by atoms with Crippen molar-refractivity contribution in [3.05, 3.63) is 89.0 Å². The predicted octanol–water partition coefficient (Wildman–Crippen LogP) is 5.45. The molecule has 0 radical (unpaired) electrons. The van der Waals surface area contributed by atoms with Gasteiger partial charge in [0.2, 0.25) is 0 Å². The zero-order chi connectivity index (χ0) is 27.6. The van der Waals surface area contributed by atoms with E-state index in [-0.39, 0.29) is 16.8 Å². The zero-order valence-electron chi connectivity index (χ0n) is 21.5. The number of carbonyl (C=O) groups excluding carboxylic acids is 2. The average Bonchev–Trinajstić information content (AvgIpc) is 3.20. The van der Waals surface area contributed by atoms with Crippen molar-refractivity contribution in [1.82, 2.24) is 0 Å². The van der Waals surface area contributed by atoms with Crippen LogP contribution < -0.4 is 19.3 Å². The van der Waals surface area contributed by atoms with E-state index in [1.165, 1.54) is 32.4 Å². The van der Waals surface area contributed by atoms with E-state index >= 15 is 0 Å². The first-order valence-electron chi connectivity index (χ1n) is 12.1. The zero-order valence-corrected chi connectivity index (χ0v) is 21.5. The van der Waals surface area contributed by atoms with E-state index in [4.69, 9.17) is 9.47 Å². The number of halogens is 2. The van der Waals surface area contributed by atoms with E-state index in [2.05, 4.69) is 4.90 Å². The van der Waals surface area contributed by atoms with Crippen molar-refractivity contribution in [2.45, 2.75) is 19.9 Å². The van der Waals surface area contributed by atoms with Crippen molar-refractivity contribution in [2.75, 3.05) is 37.1 Å². The summed E-state index contributed by atoms with van der Waals surface area (Å²) in [6.07, 6.45) is 0. The molecule has 1 fully saturated rings. The molecule has 38 heavy (non-hydrogen) atoms. The van der Waals surface area contributed by atoms with E-state index in [0.717, 1.165) is 35.8 Å². The first-order chi connectivity index (χ1) is 18.2. The molecule has 1 aliphatic heterocycles. The highest BCUT2D eigenvalue weighted by molar-refractivity contribution is 6.51. The summed E-state index contributed by atoms with van der Waals surface area (Å²) < 4.78 is 38.5. The first kappa shape index (κ1) is 26.7. The Morgan fingerprint density at radius 1 is 0.895 bits per heavy atom. The van der Waals surface area contributed by atoms with Crippen LogP contribution in [-0.4, -0.2) is 44.1 Å². The highest BCUT2D eigenvalue weighted by Crippen LogP contribution is 2.43. The van der Waals surface area contributed by atoms with Crippen LogP contribution in [0.3, 0.4) is 0 Å². The third kappa shape index (κ3) is 4.67. The molecule has 7 nitrogen and oxygen atoms in total. The number of ketones is 1. The lowest BCUT2D eigenvalue weighted by molar-refractivity contribution is -0.132. The van der Waals surface area contributed by atoms with Gasteiger partial charge in [0.15, 0.2) is 23.1 Å². The number of carbonyl (C=O) groups is 2. The normalized spacial score (nSPS) is 16.6. The Morgan fingerprint density at radius 2 is 1.55 bits per heavy atom. The van der Waals surface area contributed by atoms with Gasteiger partial charge in [0.1, 0.15) is 5.76 Å². The lowest BCUT2D eigenvalue weighted by Crippen LogP contribution is -2.29. The van der Waals surface area contributed by atoms with E-state index in [9.17, 15) is 23.5 Å².